The van der Waals surface area contributed by atoms with Crippen molar-refractivity contribution in [2.45, 2.75) is 99.5 Å². The fourth-order valence-corrected chi connectivity index (χ4v) is 6.53. The van der Waals surface area contributed by atoms with Crippen molar-refractivity contribution < 1.29 is 27.8 Å². The molecule has 2 amide bonds. The molecule has 57 heavy (non-hydrogen) atoms. The van der Waals surface area contributed by atoms with E-state index >= 15 is 0 Å². The Labute approximate surface area is 349 Å². The number of aryl methyl sites for hydroxylation is 1. The van der Waals surface area contributed by atoms with Crippen LogP contribution in [0.5, 0.6) is 0 Å². The molecule has 0 fully saturated rings. The van der Waals surface area contributed by atoms with Gasteiger partial charge in [0.15, 0.2) is 0 Å². The maximum Gasteiger partial charge on any atom is 0.407 e. The zero-order chi connectivity index (χ0) is 43.3. The van der Waals surface area contributed by atoms with Gasteiger partial charge in [0.25, 0.3) is 0 Å². The van der Waals surface area contributed by atoms with Crippen molar-refractivity contribution in [3.05, 3.63) is 100 Å². The summed E-state index contributed by atoms with van der Waals surface area (Å²) in [4.78, 5) is 51.2. The number of ether oxygens (including phenoxy) is 2. The predicted molar refractivity (Wildman–Crippen MR) is 226 cm³/mol. The predicted octanol–water partition coefficient (Wildman–Crippen LogP) is 7.17. The molecule has 0 spiro atoms. The number of carbonyl (C=O) groups excluding carboxylic acids is 2. The largest absolute Gasteiger partial charge is 0.444 e. The average molecular weight is 897 g/mol. The first-order valence-electron chi connectivity index (χ1n) is 17.4. The minimum absolute atomic E-state index is 0.0540. The zero-order valence-electron chi connectivity index (χ0n) is 33.7. The quantitative estimate of drug-likeness (QED) is 0.112. The van der Waals surface area contributed by atoms with Gasteiger partial charge in [0.05, 0.1) is 42.6 Å². The van der Waals surface area contributed by atoms with E-state index in [9.17, 15) is 28.0 Å². The summed E-state index contributed by atoms with van der Waals surface area (Å²) in [5.41, 5.74) is -1.58. The highest BCUT2D eigenvalue weighted by molar-refractivity contribution is 9.11. The zero-order valence-corrected chi connectivity index (χ0v) is 36.9. The van der Waals surface area contributed by atoms with Crippen LogP contribution in [0.2, 0.25) is 13.6 Å². The molecule has 4 aromatic heterocycles. The minimum atomic E-state index is -0.655. The van der Waals surface area contributed by atoms with Crippen molar-refractivity contribution in [1.29, 1.82) is 0 Å². The number of nitrogens with one attached hydrogen (secondary N) is 2. The van der Waals surface area contributed by atoms with E-state index in [4.69, 9.17) is 9.47 Å². The number of amides is 2. The molecular formula is C37H51BBrF2N8O6S2. The summed E-state index contributed by atoms with van der Waals surface area (Å²) >= 11 is 6.50. The highest BCUT2D eigenvalue weighted by Gasteiger charge is 2.18. The Morgan fingerprint density at radius 2 is 1.18 bits per heavy atom. The monoisotopic (exact) mass is 895 g/mol. The van der Waals surface area contributed by atoms with Crippen LogP contribution in [0.25, 0.3) is 0 Å². The molecule has 0 aliphatic carbocycles. The van der Waals surface area contributed by atoms with E-state index in [1.165, 1.54) is 33.1 Å². The van der Waals surface area contributed by atoms with Crippen LogP contribution in [0.1, 0.15) is 56.2 Å². The van der Waals surface area contributed by atoms with Crippen molar-refractivity contribution in [3.63, 3.8) is 0 Å². The maximum absolute atomic E-state index is 13.1. The lowest BCUT2D eigenvalue weighted by molar-refractivity contribution is 0.0520. The summed E-state index contributed by atoms with van der Waals surface area (Å²) in [7, 11) is 2.00. The van der Waals surface area contributed by atoms with Gasteiger partial charge in [-0.05, 0) is 99.8 Å². The fraction of sp³-hybridized carbons (Fsp3) is 0.459. The molecule has 4 rings (SSSR count). The van der Waals surface area contributed by atoms with Gasteiger partial charge in [-0.15, -0.1) is 35.5 Å². The number of hydrogen-bond donors (Lipinski definition) is 2. The van der Waals surface area contributed by atoms with Gasteiger partial charge in [0, 0.05) is 27.7 Å². The molecule has 311 valence electrons. The molecule has 4 heterocycles. The third kappa shape index (κ3) is 19.8. The number of terminal acetylenes is 1. The Kier molecular flexibility index (Phi) is 21.9. The van der Waals surface area contributed by atoms with Gasteiger partial charge in [-0.25, -0.2) is 37.3 Å². The van der Waals surface area contributed by atoms with E-state index in [1.54, 1.807) is 52.9 Å². The highest BCUT2D eigenvalue weighted by atomic mass is 79.9. The summed E-state index contributed by atoms with van der Waals surface area (Å²) in [6.45, 7) is 16.9. The molecule has 0 bridgehead atoms. The van der Waals surface area contributed by atoms with Gasteiger partial charge >= 0.3 is 23.6 Å². The van der Waals surface area contributed by atoms with Crippen molar-refractivity contribution in [2.24, 2.45) is 0 Å². The van der Waals surface area contributed by atoms with Crippen molar-refractivity contribution in [1.82, 2.24) is 39.3 Å². The first kappa shape index (κ1) is 50.3. The van der Waals surface area contributed by atoms with Gasteiger partial charge in [0.2, 0.25) is 0 Å². The maximum atomic E-state index is 13.1. The molecule has 4 aromatic rings. The molecule has 0 aliphatic heterocycles. The summed E-state index contributed by atoms with van der Waals surface area (Å²) < 4.78 is 42.6. The van der Waals surface area contributed by atoms with Crippen LogP contribution in [0.15, 0.2) is 74.1 Å². The van der Waals surface area contributed by atoms with Crippen molar-refractivity contribution in [2.75, 3.05) is 13.1 Å². The van der Waals surface area contributed by atoms with Gasteiger partial charge in [-0.2, -0.15) is 10.2 Å². The molecule has 0 atom stereocenters. The standard InChI is InChI=1S/C17H23FN4O3S.C16H20BrFN4O3S.C2H6B.C2H2/c1-12-5-6-14(26-12)10-21-11-20-22(16(21)24)9-13(7-18)8-19-15(23)25-17(2,3)4;1-16(2,3)25-14(23)19-7-11(6-18)8-22-15(24)21(10-20-22)9-12-4-5-13(17)26-12;1-3-2;1-2/h5-7,11H,8-10H2,1-4H3,(H,19,23);4-6,10H,7-9H2,1-3H3,(H,19,23);1-2H3;1-2H. The first-order valence-corrected chi connectivity index (χ1v) is 19.8. The smallest absolute Gasteiger partial charge is 0.407 e. The van der Waals surface area contributed by atoms with Gasteiger partial charge in [0.1, 0.15) is 31.1 Å². The summed E-state index contributed by atoms with van der Waals surface area (Å²) in [5, 5.41) is 12.9. The second kappa shape index (κ2) is 24.8. The van der Waals surface area contributed by atoms with E-state index in [-0.39, 0.29) is 48.7 Å². The number of rotatable bonds is 12. The lowest BCUT2D eigenvalue weighted by Gasteiger charge is -2.19. The average Bonchev–Trinajstić information content (AvgIpc) is 3.91. The summed E-state index contributed by atoms with van der Waals surface area (Å²) in [6.07, 6.45) is 10.3. The van der Waals surface area contributed by atoms with Crippen LogP contribution in [-0.4, -0.2) is 72.5 Å². The Morgan fingerprint density at radius 3 is 1.49 bits per heavy atom. The Morgan fingerprint density at radius 1 is 0.789 bits per heavy atom. The molecule has 0 aliphatic rings. The highest BCUT2D eigenvalue weighted by Crippen LogP contribution is 2.22. The Bertz CT molecular complexity index is 1910. The number of alkyl carbamates (subject to hydrolysis) is 2. The first-order chi connectivity index (χ1) is 26.8. The molecule has 0 unspecified atom stereocenters. The normalized spacial score (nSPS) is 11.5. The van der Waals surface area contributed by atoms with Gasteiger partial charge in [-0.3, -0.25) is 9.13 Å². The summed E-state index contributed by atoms with van der Waals surface area (Å²) in [6, 6.07) is 7.76. The number of carbonyl (C=O) groups is 2. The van der Waals surface area contributed by atoms with E-state index < -0.39 is 23.4 Å². The molecule has 0 aromatic carbocycles. The third-order valence-electron chi connectivity index (χ3n) is 6.40. The molecular weight excluding hydrogens is 845 g/mol. The van der Waals surface area contributed by atoms with Crippen molar-refractivity contribution in [3.8, 4) is 12.8 Å². The number of thiophene rings is 2. The third-order valence-corrected chi connectivity index (χ3v) is 9.00. The lowest BCUT2D eigenvalue weighted by Crippen LogP contribution is -2.34. The Hall–Kier alpha value is -4.74. The topological polar surface area (TPSA) is 156 Å². The van der Waals surface area contributed by atoms with Crippen LogP contribution in [-0.2, 0) is 35.7 Å². The number of halogens is 3. The van der Waals surface area contributed by atoms with Crippen LogP contribution in [0.4, 0.5) is 18.4 Å². The van der Waals surface area contributed by atoms with Crippen LogP contribution in [0.3, 0.4) is 0 Å². The SMILES string of the molecule is C#C.CC(C)(C)OC(=O)NCC(=CF)Cn1ncn(Cc2ccc(Br)s2)c1=O.C[B]C.Cc1ccc(Cn2cnn(CC(=CF)CNC(=O)OC(C)(C)C)c2=O)s1. The number of aromatic nitrogens is 6. The van der Waals surface area contributed by atoms with Gasteiger partial charge < -0.3 is 20.1 Å². The van der Waals surface area contributed by atoms with E-state index in [1.807, 2.05) is 52.1 Å². The number of nitrogens with zero attached hydrogens (tertiary/aromatic N) is 6. The molecule has 20 heteroatoms. The van der Waals surface area contributed by atoms with Crippen LogP contribution < -0.4 is 22.0 Å². The molecule has 0 saturated carbocycles. The van der Waals surface area contributed by atoms with E-state index in [2.05, 4.69) is 49.6 Å². The van der Waals surface area contributed by atoms with Gasteiger partial charge in [-0.1, -0.05) is 13.6 Å². The number of hydrogen-bond acceptors (Lipinski definition) is 10. The summed E-state index contributed by atoms with van der Waals surface area (Å²) in [5.74, 6) is 0. The molecule has 2 N–H and O–H groups in total. The molecule has 0 saturated heterocycles. The van der Waals surface area contributed by atoms with Crippen molar-refractivity contribution >= 4 is 58.1 Å². The van der Waals surface area contributed by atoms with Crippen LogP contribution >= 0.6 is 38.6 Å². The second-order valence-electron chi connectivity index (χ2n) is 13.9. The molecule has 14 nitrogen and oxygen atoms in total. The van der Waals surface area contributed by atoms with E-state index in [0.717, 1.165) is 27.8 Å². The van der Waals surface area contributed by atoms with Crippen LogP contribution in [0, 0.1) is 19.8 Å². The van der Waals surface area contributed by atoms with E-state index in [0.29, 0.717) is 25.7 Å². The lowest BCUT2D eigenvalue weighted by atomic mass is 9.88. The second-order valence-corrected chi connectivity index (χ2v) is 17.9. The fourth-order valence-electron chi connectivity index (χ4n) is 4.16. The molecule has 1 radical (unpaired) electrons. The minimum Gasteiger partial charge on any atom is -0.444 e. The Balaban J connectivity index is 0.000000512.